The summed E-state index contributed by atoms with van der Waals surface area (Å²) in [6, 6.07) is 13.6. The van der Waals surface area contributed by atoms with Gasteiger partial charge in [0.2, 0.25) is 5.88 Å². The van der Waals surface area contributed by atoms with E-state index in [0.717, 1.165) is 23.1 Å². The van der Waals surface area contributed by atoms with Crippen LogP contribution < -0.4 is 5.32 Å². The summed E-state index contributed by atoms with van der Waals surface area (Å²) in [5, 5.41) is 13.7. The summed E-state index contributed by atoms with van der Waals surface area (Å²) in [5.41, 5.74) is 2.66. The zero-order valence-electron chi connectivity index (χ0n) is 15.8. The van der Waals surface area contributed by atoms with Crippen LogP contribution >= 0.6 is 0 Å². The van der Waals surface area contributed by atoms with E-state index in [4.69, 9.17) is 9.15 Å². The number of aromatic hydroxyl groups is 1. The number of aliphatic imine (C=N–C) groups is 1. The summed E-state index contributed by atoms with van der Waals surface area (Å²) in [6.45, 7) is 0.519. The lowest BCUT2D eigenvalue weighted by Gasteiger charge is -2.05. The first-order chi connectivity index (χ1) is 14.2. The Morgan fingerprint density at radius 2 is 2.07 bits per heavy atom. The molecule has 2 N–H and O–H groups in total. The third kappa shape index (κ3) is 3.75. The highest BCUT2D eigenvalue weighted by Crippen LogP contribution is 2.38. The number of nitrogens with zero attached hydrogens (tertiary/aromatic N) is 2. The minimum atomic E-state index is -0.680. The fourth-order valence-electron chi connectivity index (χ4n) is 3.10. The number of fused-ring (bicyclic) bond motifs is 1. The summed E-state index contributed by atoms with van der Waals surface area (Å²) in [7, 11) is 1.26. The number of hydrogen-bond acceptors (Lipinski definition) is 7. The van der Waals surface area contributed by atoms with Gasteiger partial charge in [0.15, 0.2) is 22.9 Å². The molecular weight excluding hydrogens is 370 g/mol. The van der Waals surface area contributed by atoms with E-state index < -0.39 is 5.97 Å². The van der Waals surface area contributed by atoms with Gasteiger partial charge in [-0.05, 0) is 30.2 Å². The number of rotatable bonds is 6. The highest BCUT2D eigenvalue weighted by Gasteiger charge is 2.26. The number of benzene rings is 1. The van der Waals surface area contributed by atoms with Crippen LogP contribution in [0.1, 0.15) is 27.2 Å². The van der Waals surface area contributed by atoms with Crippen LogP contribution in [0.15, 0.2) is 58.1 Å². The lowest BCUT2D eigenvalue weighted by atomic mass is 10.1. The third-order valence-corrected chi connectivity index (χ3v) is 4.55. The van der Waals surface area contributed by atoms with Crippen LogP contribution in [-0.4, -0.2) is 35.9 Å². The molecular formula is C22H19N3O4. The molecule has 1 aliphatic heterocycles. The molecule has 3 heterocycles. The number of furan rings is 1. The van der Waals surface area contributed by atoms with Gasteiger partial charge >= 0.3 is 5.97 Å². The largest absolute Gasteiger partial charge is 0.504 e. The minimum absolute atomic E-state index is 0.0336. The van der Waals surface area contributed by atoms with Crippen LogP contribution in [0.3, 0.4) is 0 Å². The molecule has 0 unspecified atom stereocenters. The van der Waals surface area contributed by atoms with Crippen molar-refractivity contribution in [3.8, 4) is 5.75 Å². The smallest absolute Gasteiger partial charge is 0.347 e. The number of aromatic nitrogens is 1. The fraction of sp³-hybridized carbons (Fsp3) is 0.136. The number of esters is 1. The van der Waals surface area contributed by atoms with Crippen molar-refractivity contribution in [3.63, 3.8) is 0 Å². The van der Waals surface area contributed by atoms with Crippen molar-refractivity contribution in [1.29, 1.82) is 0 Å². The topological polar surface area (TPSA) is 97.0 Å². The maximum Gasteiger partial charge on any atom is 0.347 e. The summed E-state index contributed by atoms with van der Waals surface area (Å²) >= 11 is 0. The zero-order valence-corrected chi connectivity index (χ0v) is 15.8. The van der Waals surface area contributed by atoms with Gasteiger partial charge in [0.05, 0.1) is 7.11 Å². The first kappa shape index (κ1) is 18.5. The van der Waals surface area contributed by atoms with E-state index >= 15 is 0 Å². The number of pyridine rings is 1. The molecule has 0 radical (unpaired) electrons. The van der Waals surface area contributed by atoms with Gasteiger partial charge in [-0.25, -0.2) is 14.8 Å². The van der Waals surface area contributed by atoms with Crippen LogP contribution in [0.4, 0.5) is 11.7 Å². The Balaban J connectivity index is 1.61. The first-order valence-electron chi connectivity index (χ1n) is 9.10. The van der Waals surface area contributed by atoms with E-state index in [1.807, 2.05) is 36.4 Å². The number of carbonyl (C=O) groups excluding carboxylic acids is 1. The summed E-state index contributed by atoms with van der Waals surface area (Å²) in [5.74, 6) is -0.0546. The van der Waals surface area contributed by atoms with Gasteiger partial charge in [0.1, 0.15) is 0 Å². The number of anilines is 1. The van der Waals surface area contributed by atoms with Crippen LogP contribution in [0, 0.1) is 0 Å². The van der Waals surface area contributed by atoms with E-state index in [2.05, 4.69) is 15.3 Å². The molecule has 7 heteroatoms. The second kappa shape index (κ2) is 8.02. The molecule has 0 spiro atoms. The van der Waals surface area contributed by atoms with Crippen molar-refractivity contribution in [1.82, 2.24) is 4.98 Å². The number of allylic oxidation sites excluding steroid dienone is 1. The second-order valence-corrected chi connectivity index (χ2v) is 6.41. The van der Waals surface area contributed by atoms with Crippen molar-refractivity contribution in [2.45, 2.75) is 6.42 Å². The highest BCUT2D eigenvalue weighted by atomic mass is 16.5. The molecule has 0 amide bonds. The molecule has 1 aromatic carbocycles. The van der Waals surface area contributed by atoms with Crippen molar-refractivity contribution in [3.05, 3.63) is 71.1 Å². The Morgan fingerprint density at radius 3 is 2.86 bits per heavy atom. The molecule has 3 aromatic rings. The standard InChI is InChI=1S/C22H19N3O4/c1-28-22(27)18-19(26)17(12-15-13-25-20-16(15)8-5-10-23-20)29-21(18)24-11-9-14-6-3-2-4-7-14/h2-8,10,12-13,24,26H,9,11H2,1H3. The van der Waals surface area contributed by atoms with E-state index in [-0.39, 0.29) is 23.0 Å². The predicted octanol–water partition coefficient (Wildman–Crippen LogP) is 4.08. The maximum absolute atomic E-state index is 12.2. The molecule has 0 bridgehead atoms. The maximum atomic E-state index is 12.2. The number of ether oxygens (including phenoxy) is 1. The predicted molar refractivity (Wildman–Crippen MR) is 111 cm³/mol. The monoisotopic (exact) mass is 389 g/mol. The summed E-state index contributed by atoms with van der Waals surface area (Å²) < 4.78 is 10.6. The van der Waals surface area contributed by atoms with Crippen LogP contribution in [-0.2, 0) is 11.2 Å². The first-order valence-corrected chi connectivity index (χ1v) is 9.10. The number of nitrogens with one attached hydrogen (secondary N) is 1. The summed E-state index contributed by atoms with van der Waals surface area (Å²) in [6.07, 6.45) is 5.65. The molecule has 0 saturated heterocycles. The SMILES string of the molecule is COC(=O)c1c(NCCc2ccccc2)oc(C=C2C=Nc3ncccc32)c1O. The molecule has 0 fully saturated rings. The van der Waals surface area contributed by atoms with Gasteiger partial charge in [0, 0.05) is 30.1 Å². The molecule has 2 aromatic heterocycles. The van der Waals surface area contributed by atoms with Crippen molar-refractivity contribution < 1.29 is 19.1 Å². The average molecular weight is 389 g/mol. The highest BCUT2D eigenvalue weighted by molar-refractivity contribution is 6.21. The van der Waals surface area contributed by atoms with E-state index in [1.54, 1.807) is 24.6 Å². The van der Waals surface area contributed by atoms with Gasteiger partial charge in [-0.3, -0.25) is 0 Å². The molecule has 4 rings (SSSR count). The lowest BCUT2D eigenvalue weighted by molar-refractivity contribution is 0.0598. The molecule has 146 valence electrons. The van der Waals surface area contributed by atoms with Gasteiger partial charge in [-0.2, -0.15) is 0 Å². The Kier molecular flexibility index (Phi) is 5.11. The average Bonchev–Trinajstić information content (AvgIpc) is 3.30. The summed E-state index contributed by atoms with van der Waals surface area (Å²) in [4.78, 5) is 20.6. The second-order valence-electron chi connectivity index (χ2n) is 6.41. The van der Waals surface area contributed by atoms with Gasteiger partial charge < -0.3 is 19.6 Å². The van der Waals surface area contributed by atoms with Crippen molar-refractivity contribution >= 4 is 35.5 Å². The quantitative estimate of drug-likeness (QED) is 0.617. The number of hydrogen-bond donors (Lipinski definition) is 2. The van der Waals surface area contributed by atoms with E-state index in [9.17, 15) is 9.90 Å². The third-order valence-electron chi connectivity index (χ3n) is 4.55. The molecule has 7 nitrogen and oxygen atoms in total. The van der Waals surface area contributed by atoms with Crippen LogP contribution in [0.2, 0.25) is 0 Å². The molecule has 0 atom stereocenters. The fourth-order valence-corrected chi connectivity index (χ4v) is 3.10. The Labute approximate surface area is 167 Å². The van der Waals surface area contributed by atoms with Crippen molar-refractivity contribution in [2.75, 3.05) is 19.0 Å². The van der Waals surface area contributed by atoms with Crippen LogP contribution in [0.25, 0.3) is 11.6 Å². The molecule has 29 heavy (non-hydrogen) atoms. The zero-order chi connectivity index (χ0) is 20.2. The molecule has 0 saturated carbocycles. The molecule has 1 aliphatic rings. The van der Waals surface area contributed by atoms with E-state index in [1.165, 1.54) is 7.11 Å². The Morgan fingerprint density at radius 1 is 1.24 bits per heavy atom. The van der Waals surface area contributed by atoms with Gasteiger partial charge in [-0.1, -0.05) is 30.3 Å². The Hall–Kier alpha value is -3.87. The minimum Gasteiger partial charge on any atom is -0.504 e. The van der Waals surface area contributed by atoms with Gasteiger partial charge in [-0.15, -0.1) is 0 Å². The Bertz CT molecular complexity index is 1100. The van der Waals surface area contributed by atoms with Gasteiger partial charge in [0.25, 0.3) is 0 Å². The number of carbonyl (C=O) groups is 1. The molecule has 0 aliphatic carbocycles. The van der Waals surface area contributed by atoms with E-state index in [0.29, 0.717) is 12.4 Å². The van der Waals surface area contributed by atoms with Crippen LogP contribution in [0.5, 0.6) is 5.75 Å². The normalized spacial score (nSPS) is 13.5. The van der Waals surface area contributed by atoms with Crippen molar-refractivity contribution in [2.24, 2.45) is 4.99 Å². The lowest BCUT2D eigenvalue weighted by Crippen LogP contribution is -2.09. The number of methoxy groups -OCH3 is 1.